The van der Waals surface area contributed by atoms with Gasteiger partial charge in [-0.15, -0.1) is 0 Å². The SMILES string of the molecule is CCCC(C)NC(=O)CN1CC(CC)NCC1CC. The molecule has 4 heteroatoms. The van der Waals surface area contributed by atoms with Crippen molar-refractivity contribution in [2.45, 2.75) is 71.5 Å². The first kappa shape index (κ1) is 16.4. The molecule has 3 unspecified atom stereocenters. The van der Waals surface area contributed by atoms with Crippen LogP contribution in [0.3, 0.4) is 0 Å². The average molecular weight is 269 g/mol. The normalized spacial score (nSPS) is 26.1. The third-order valence-electron chi connectivity index (χ3n) is 4.05. The maximum atomic E-state index is 12.1. The molecule has 19 heavy (non-hydrogen) atoms. The number of hydrogen-bond acceptors (Lipinski definition) is 3. The van der Waals surface area contributed by atoms with Crippen LogP contribution in [0.2, 0.25) is 0 Å². The second-order valence-corrected chi connectivity index (χ2v) is 5.76. The van der Waals surface area contributed by atoms with E-state index in [0.717, 1.165) is 38.8 Å². The third kappa shape index (κ3) is 5.49. The van der Waals surface area contributed by atoms with E-state index in [4.69, 9.17) is 0 Å². The molecule has 1 fully saturated rings. The molecule has 1 rings (SSSR count). The zero-order valence-corrected chi connectivity index (χ0v) is 13.0. The zero-order chi connectivity index (χ0) is 14.3. The minimum atomic E-state index is 0.177. The van der Waals surface area contributed by atoms with Crippen LogP contribution in [-0.2, 0) is 4.79 Å². The topological polar surface area (TPSA) is 44.4 Å². The van der Waals surface area contributed by atoms with Crippen molar-refractivity contribution >= 4 is 5.91 Å². The summed E-state index contributed by atoms with van der Waals surface area (Å²) in [5.41, 5.74) is 0. The van der Waals surface area contributed by atoms with E-state index >= 15 is 0 Å². The van der Waals surface area contributed by atoms with Gasteiger partial charge < -0.3 is 10.6 Å². The molecule has 1 amide bonds. The number of carbonyl (C=O) groups is 1. The molecular weight excluding hydrogens is 238 g/mol. The molecule has 112 valence electrons. The molecule has 1 aliphatic heterocycles. The van der Waals surface area contributed by atoms with E-state index in [2.05, 4.69) is 43.2 Å². The van der Waals surface area contributed by atoms with Gasteiger partial charge in [-0.2, -0.15) is 0 Å². The molecule has 1 aliphatic rings. The van der Waals surface area contributed by atoms with E-state index in [9.17, 15) is 4.79 Å². The summed E-state index contributed by atoms with van der Waals surface area (Å²) in [5, 5.41) is 6.67. The van der Waals surface area contributed by atoms with E-state index in [1.165, 1.54) is 0 Å². The summed E-state index contributed by atoms with van der Waals surface area (Å²) in [6, 6.07) is 1.32. The maximum Gasteiger partial charge on any atom is 0.234 e. The van der Waals surface area contributed by atoms with Gasteiger partial charge in [0.15, 0.2) is 0 Å². The second kappa shape index (κ2) is 8.54. The molecule has 1 heterocycles. The Hall–Kier alpha value is -0.610. The molecule has 4 nitrogen and oxygen atoms in total. The van der Waals surface area contributed by atoms with Crippen molar-refractivity contribution in [3.05, 3.63) is 0 Å². The number of rotatable bonds is 7. The van der Waals surface area contributed by atoms with Gasteiger partial charge in [0.25, 0.3) is 0 Å². The monoisotopic (exact) mass is 269 g/mol. The summed E-state index contributed by atoms with van der Waals surface area (Å²) >= 11 is 0. The predicted molar refractivity (Wildman–Crippen MR) is 80.2 cm³/mol. The maximum absolute atomic E-state index is 12.1. The first-order valence-electron chi connectivity index (χ1n) is 7.87. The van der Waals surface area contributed by atoms with Crippen LogP contribution < -0.4 is 10.6 Å². The first-order chi connectivity index (χ1) is 9.10. The molecule has 3 atom stereocenters. The average Bonchev–Trinajstić information content (AvgIpc) is 2.38. The molecule has 0 bridgehead atoms. The standard InChI is InChI=1S/C15H31N3O/c1-5-8-12(4)17-15(19)11-18-10-13(6-2)16-9-14(18)7-3/h12-14,16H,5-11H2,1-4H3,(H,17,19). The van der Waals surface area contributed by atoms with Gasteiger partial charge in [0.05, 0.1) is 6.54 Å². The van der Waals surface area contributed by atoms with Gasteiger partial charge in [-0.3, -0.25) is 9.69 Å². The van der Waals surface area contributed by atoms with E-state index in [0.29, 0.717) is 24.7 Å². The molecule has 0 saturated carbocycles. The fourth-order valence-corrected chi connectivity index (χ4v) is 2.81. The van der Waals surface area contributed by atoms with Gasteiger partial charge in [-0.05, 0) is 26.2 Å². The van der Waals surface area contributed by atoms with Crippen LogP contribution in [0.4, 0.5) is 0 Å². The van der Waals surface area contributed by atoms with Gasteiger partial charge in [0, 0.05) is 31.2 Å². The fraction of sp³-hybridized carbons (Fsp3) is 0.933. The van der Waals surface area contributed by atoms with Crippen LogP contribution in [0, 0.1) is 0 Å². The van der Waals surface area contributed by atoms with Gasteiger partial charge in [0.1, 0.15) is 0 Å². The number of carbonyl (C=O) groups excluding carboxylic acids is 1. The summed E-state index contributed by atoms with van der Waals surface area (Å²) in [5.74, 6) is 0.177. The lowest BCUT2D eigenvalue weighted by molar-refractivity contribution is -0.123. The van der Waals surface area contributed by atoms with Crippen LogP contribution in [0.5, 0.6) is 0 Å². The smallest absolute Gasteiger partial charge is 0.234 e. The molecule has 0 aromatic rings. The van der Waals surface area contributed by atoms with Gasteiger partial charge >= 0.3 is 0 Å². The van der Waals surface area contributed by atoms with E-state index < -0.39 is 0 Å². The minimum Gasteiger partial charge on any atom is -0.353 e. The molecule has 1 saturated heterocycles. The number of nitrogens with one attached hydrogen (secondary N) is 2. The quantitative estimate of drug-likeness (QED) is 0.740. The van der Waals surface area contributed by atoms with Gasteiger partial charge in [-0.1, -0.05) is 27.2 Å². The van der Waals surface area contributed by atoms with Gasteiger partial charge in [-0.25, -0.2) is 0 Å². The number of amides is 1. The molecule has 0 aromatic heterocycles. The van der Waals surface area contributed by atoms with E-state index in [1.807, 2.05) is 0 Å². The highest BCUT2D eigenvalue weighted by Gasteiger charge is 2.27. The molecule has 0 radical (unpaired) electrons. The molecule has 0 aromatic carbocycles. The highest BCUT2D eigenvalue weighted by molar-refractivity contribution is 5.78. The lowest BCUT2D eigenvalue weighted by Crippen LogP contribution is -2.58. The van der Waals surface area contributed by atoms with Gasteiger partial charge in [0.2, 0.25) is 5.91 Å². The Bertz CT molecular complexity index is 270. The van der Waals surface area contributed by atoms with Crippen LogP contribution in [0.1, 0.15) is 53.4 Å². The molecule has 0 spiro atoms. The Morgan fingerprint density at radius 2 is 2.11 bits per heavy atom. The number of nitrogens with zero attached hydrogens (tertiary/aromatic N) is 1. The largest absolute Gasteiger partial charge is 0.353 e. The second-order valence-electron chi connectivity index (χ2n) is 5.76. The summed E-state index contributed by atoms with van der Waals surface area (Å²) in [6.45, 7) is 11.2. The summed E-state index contributed by atoms with van der Waals surface area (Å²) in [7, 11) is 0. The molecule has 2 N–H and O–H groups in total. The summed E-state index contributed by atoms with van der Waals surface area (Å²) < 4.78 is 0. The Morgan fingerprint density at radius 1 is 1.37 bits per heavy atom. The molecule has 0 aliphatic carbocycles. The van der Waals surface area contributed by atoms with Crippen LogP contribution in [-0.4, -0.2) is 48.6 Å². The van der Waals surface area contributed by atoms with Crippen molar-refractivity contribution in [2.24, 2.45) is 0 Å². The Balaban J connectivity index is 2.44. The minimum absolute atomic E-state index is 0.177. The van der Waals surface area contributed by atoms with E-state index in [1.54, 1.807) is 0 Å². The lowest BCUT2D eigenvalue weighted by Gasteiger charge is -2.39. The molecular formula is C15H31N3O. The Morgan fingerprint density at radius 3 is 2.68 bits per heavy atom. The van der Waals surface area contributed by atoms with Crippen molar-refractivity contribution in [3.8, 4) is 0 Å². The highest BCUT2D eigenvalue weighted by Crippen LogP contribution is 2.11. The zero-order valence-electron chi connectivity index (χ0n) is 13.0. The van der Waals surface area contributed by atoms with Crippen molar-refractivity contribution < 1.29 is 4.79 Å². The van der Waals surface area contributed by atoms with Crippen molar-refractivity contribution in [3.63, 3.8) is 0 Å². The van der Waals surface area contributed by atoms with E-state index in [-0.39, 0.29) is 5.91 Å². The first-order valence-corrected chi connectivity index (χ1v) is 7.87. The number of hydrogen-bond donors (Lipinski definition) is 2. The number of piperazine rings is 1. The van der Waals surface area contributed by atoms with Crippen molar-refractivity contribution in [2.75, 3.05) is 19.6 Å². The van der Waals surface area contributed by atoms with Crippen LogP contribution >= 0.6 is 0 Å². The Labute approximate surface area is 118 Å². The third-order valence-corrected chi connectivity index (χ3v) is 4.05. The Kier molecular flexibility index (Phi) is 7.39. The van der Waals surface area contributed by atoms with Crippen molar-refractivity contribution in [1.82, 2.24) is 15.5 Å². The van der Waals surface area contributed by atoms with Crippen LogP contribution in [0.25, 0.3) is 0 Å². The predicted octanol–water partition coefficient (Wildman–Crippen LogP) is 1.75. The summed E-state index contributed by atoms with van der Waals surface area (Å²) in [4.78, 5) is 14.4. The van der Waals surface area contributed by atoms with Crippen LogP contribution in [0.15, 0.2) is 0 Å². The lowest BCUT2D eigenvalue weighted by atomic mass is 10.1. The summed E-state index contributed by atoms with van der Waals surface area (Å²) in [6.07, 6.45) is 4.40. The van der Waals surface area contributed by atoms with Crippen molar-refractivity contribution in [1.29, 1.82) is 0 Å². The fourth-order valence-electron chi connectivity index (χ4n) is 2.81. The highest BCUT2D eigenvalue weighted by atomic mass is 16.2.